The van der Waals surface area contributed by atoms with Gasteiger partial charge in [-0.1, -0.05) is 84.4 Å². The van der Waals surface area contributed by atoms with E-state index in [9.17, 15) is 0 Å². The minimum absolute atomic E-state index is 0.320. The Morgan fingerprint density at radius 3 is 1.97 bits per heavy atom. The van der Waals surface area contributed by atoms with Crippen LogP contribution in [0.3, 0.4) is 0 Å². The van der Waals surface area contributed by atoms with Gasteiger partial charge >= 0.3 is 0 Å². The van der Waals surface area contributed by atoms with Crippen molar-refractivity contribution in [3.05, 3.63) is 95.6 Å². The van der Waals surface area contributed by atoms with Crippen LogP contribution in [0.4, 0.5) is 8.78 Å². The zero-order valence-corrected chi connectivity index (χ0v) is 16.1. The van der Waals surface area contributed by atoms with Crippen molar-refractivity contribution in [1.82, 2.24) is 0 Å². The second-order valence-electron chi connectivity index (χ2n) is 7.85. The number of hydrogen-bond acceptors (Lipinski definition) is 2. The van der Waals surface area contributed by atoms with Crippen molar-refractivity contribution >= 4 is 0 Å². The molecule has 2 fully saturated rings. The summed E-state index contributed by atoms with van der Waals surface area (Å²) in [6.45, 7) is 2.61. The molecule has 0 radical (unpaired) electrons. The maximum Gasteiger partial charge on any atom is 0.264 e. The molecule has 0 spiro atoms. The number of rotatable bonds is 4. The fraction of sp³-hybridized carbons (Fsp3) is 0.280. The SMILES string of the molecule is Cc1ccc(C2(C3C(c4ccc(-c5ccccc5)cc4)C3(F)F)OCCO2)cc1. The van der Waals surface area contributed by atoms with E-state index in [4.69, 9.17) is 9.47 Å². The van der Waals surface area contributed by atoms with Crippen LogP contribution in [0, 0.1) is 12.8 Å². The molecule has 0 N–H and O–H groups in total. The van der Waals surface area contributed by atoms with Gasteiger partial charge in [-0.25, -0.2) is 8.78 Å². The van der Waals surface area contributed by atoms with E-state index in [1.54, 1.807) is 12.1 Å². The van der Waals surface area contributed by atoms with Gasteiger partial charge in [-0.05, 0) is 23.6 Å². The number of alkyl halides is 2. The van der Waals surface area contributed by atoms with Crippen molar-refractivity contribution in [2.24, 2.45) is 5.92 Å². The molecule has 1 saturated heterocycles. The molecule has 1 saturated carbocycles. The van der Waals surface area contributed by atoms with E-state index in [-0.39, 0.29) is 0 Å². The van der Waals surface area contributed by atoms with Crippen LogP contribution in [0.2, 0.25) is 0 Å². The van der Waals surface area contributed by atoms with E-state index in [0.717, 1.165) is 16.7 Å². The van der Waals surface area contributed by atoms with Gasteiger partial charge in [0.1, 0.15) is 0 Å². The molecule has 2 atom stereocenters. The lowest BCUT2D eigenvalue weighted by Crippen LogP contribution is -2.32. The van der Waals surface area contributed by atoms with Crippen molar-refractivity contribution < 1.29 is 18.3 Å². The summed E-state index contributed by atoms with van der Waals surface area (Å²) in [5.74, 6) is -6.24. The van der Waals surface area contributed by atoms with Crippen LogP contribution in [-0.4, -0.2) is 19.1 Å². The smallest absolute Gasteiger partial charge is 0.264 e. The van der Waals surface area contributed by atoms with E-state index in [2.05, 4.69) is 0 Å². The zero-order valence-electron chi connectivity index (χ0n) is 16.1. The van der Waals surface area contributed by atoms with Gasteiger partial charge in [-0.3, -0.25) is 0 Å². The first-order valence-electron chi connectivity index (χ1n) is 9.91. The third-order valence-corrected chi connectivity index (χ3v) is 6.01. The van der Waals surface area contributed by atoms with Crippen molar-refractivity contribution in [2.75, 3.05) is 13.2 Å². The Labute approximate surface area is 169 Å². The summed E-state index contributed by atoms with van der Waals surface area (Å²) in [6.07, 6.45) is 0. The van der Waals surface area contributed by atoms with E-state index in [1.165, 1.54) is 0 Å². The number of ether oxygens (including phenoxy) is 2. The molecule has 148 valence electrons. The predicted octanol–water partition coefficient (Wildman–Crippen LogP) is 5.91. The molecule has 1 aliphatic carbocycles. The van der Waals surface area contributed by atoms with Crippen LogP contribution in [0.15, 0.2) is 78.9 Å². The third kappa shape index (κ3) is 2.98. The van der Waals surface area contributed by atoms with Crippen LogP contribution >= 0.6 is 0 Å². The quantitative estimate of drug-likeness (QED) is 0.549. The van der Waals surface area contributed by atoms with E-state index in [1.807, 2.05) is 73.7 Å². The highest BCUT2D eigenvalue weighted by molar-refractivity contribution is 5.63. The van der Waals surface area contributed by atoms with E-state index >= 15 is 8.78 Å². The highest BCUT2D eigenvalue weighted by atomic mass is 19.3. The van der Waals surface area contributed by atoms with Gasteiger partial charge in [0.25, 0.3) is 5.92 Å². The average Bonchev–Trinajstić information content (AvgIpc) is 3.08. The number of aryl methyl sites for hydroxylation is 1. The monoisotopic (exact) mass is 392 g/mol. The molecule has 29 heavy (non-hydrogen) atoms. The first kappa shape index (κ1) is 18.5. The summed E-state index contributed by atoms with van der Waals surface area (Å²) >= 11 is 0. The molecule has 3 aromatic rings. The lowest BCUT2D eigenvalue weighted by atomic mass is 9.95. The Kier molecular flexibility index (Phi) is 4.30. The molecule has 2 nitrogen and oxygen atoms in total. The Morgan fingerprint density at radius 2 is 1.34 bits per heavy atom. The van der Waals surface area contributed by atoms with Gasteiger partial charge in [0, 0.05) is 5.56 Å². The maximum atomic E-state index is 15.1. The van der Waals surface area contributed by atoms with Crippen LogP contribution in [0.1, 0.15) is 22.6 Å². The lowest BCUT2D eigenvalue weighted by Gasteiger charge is -2.28. The van der Waals surface area contributed by atoms with Crippen molar-refractivity contribution in [3.63, 3.8) is 0 Å². The summed E-state index contributed by atoms with van der Waals surface area (Å²) in [7, 11) is 0. The summed E-state index contributed by atoms with van der Waals surface area (Å²) < 4.78 is 41.9. The Morgan fingerprint density at radius 1 is 0.759 bits per heavy atom. The first-order valence-corrected chi connectivity index (χ1v) is 9.91. The highest BCUT2D eigenvalue weighted by Crippen LogP contribution is 2.69. The molecule has 3 aromatic carbocycles. The Hall–Kier alpha value is -2.56. The van der Waals surface area contributed by atoms with Gasteiger partial charge in [0.15, 0.2) is 0 Å². The molecule has 5 rings (SSSR count). The zero-order chi connectivity index (χ0) is 20.1. The van der Waals surface area contributed by atoms with Gasteiger partial charge < -0.3 is 9.47 Å². The molecule has 0 bridgehead atoms. The minimum Gasteiger partial charge on any atom is -0.343 e. The number of benzene rings is 3. The standard InChI is InChI=1S/C25H22F2O2/c1-17-7-13-21(14-8-17)25(28-15-16-29-25)23-22(24(23,26)27)20-11-9-19(10-12-20)18-5-3-2-4-6-18/h2-14,22-23H,15-16H2,1H3. The summed E-state index contributed by atoms with van der Waals surface area (Å²) in [5, 5.41) is 0. The minimum atomic E-state index is -2.89. The average molecular weight is 392 g/mol. The Bertz CT molecular complexity index is 991. The molecule has 4 heteroatoms. The maximum absolute atomic E-state index is 15.1. The van der Waals surface area contributed by atoms with Gasteiger partial charge in [-0.15, -0.1) is 0 Å². The van der Waals surface area contributed by atoms with Crippen LogP contribution in [-0.2, 0) is 15.3 Å². The lowest BCUT2D eigenvalue weighted by molar-refractivity contribution is -0.198. The molecule has 0 aromatic heterocycles. The largest absolute Gasteiger partial charge is 0.343 e. The molecule has 2 unspecified atom stereocenters. The molecule has 1 aliphatic heterocycles. The third-order valence-electron chi connectivity index (χ3n) is 6.01. The van der Waals surface area contributed by atoms with Crippen LogP contribution in [0.25, 0.3) is 11.1 Å². The van der Waals surface area contributed by atoms with E-state index < -0.39 is 23.5 Å². The highest BCUT2D eigenvalue weighted by Gasteiger charge is 2.78. The predicted molar refractivity (Wildman–Crippen MR) is 108 cm³/mol. The fourth-order valence-corrected chi connectivity index (χ4v) is 4.47. The van der Waals surface area contributed by atoms with Crippen LogP contribution in [0.5, 0.6) is 0 Å². The van der Waals surface area contributed by atoms with Crippen molar-refractivity contribution in [2.45, 2.75) is 24.6 Å². The van der Waals surface area contributed by atoms with Crippen molar-refractivity contribution in [3.8, 4) is 11.1 Å². The Balaban J connectivity index is 1.48. The second kappa shape index (κ2) is 6.75. The first-order chi connectivity index (χ1) is 14.0. The summed E-state index contributed by atoms with van der Waals surface area (Å²) in [6, 6.07) is 24.8. The molecular formula is C25H22F2O2. The molecular weight excluding hydrogens is 370 g/mol. The summed E-state index contributed by atoms with van der Waals surface area (Å²) in [4.78, 5) is 0. The topological polar surface area (TPSA) is 18.5 Å². The van der Waals surface area contributed by atoms with Crippen molar-refractivity contribution in [1.29, 1.82) is 0 Å². The number of hydrogen-bond donors (Lipinski definition) is 0. The molecule has 1 heterocycles. The van der Waals surface area contributed by atoms with Crippen LogP contribution < -0.4 is 0 Å². The van der Waals surface area contributed by atoms with Gasteiger partial charge in [0.2, 0.25) is 5.79 Å². The normalized spacial score (nSPS) is 24.4. The molecule has 2 aliphatic rings. The molecule has 0 amide bonds. The fourth-order valence-electron chi connectivity index (χ4n) is 4.47. The number of halogens is 2. The van der Waals surface area contributed by atoms with Gasteiger partial charge in [-0.2, -0.15) is 0 Å². The summed E-state index contributed by atoms with van der Waals surface area (Å²) in [5.41, 5.74) is 4.42. The van der Waals surface area contributed by atoms with Gasteiger partial charge in [0.05, 0.1) is 25.0 Å². The second-order valence-corrected chi connectivity index (χ2v) is 7.85. The van der Waals surface area contributed by atoms with E-state index in [0.29, 0.717) is 24.3 Å².